The van der Waals surface area contributed by atoms with Crippen molar-refractivity contribution in [3.05, 3.63) is 29.8 Å². The molecule has 1 aliphatic rings. The Hall–Kier alpha value is -1.65. The highest BCUT2D eigenvalue weighted by atomic mass is 32.2. The molecule has 0 bridgehead atoms. The summed E-state index contributed by atoms with van der Waals surface area (Å²) in [6.45, 7) is 0.602. The number of nitrogens with zero attached hydrogens (tertiary/aromatic N) is 1. The van der Waals surface area contributed by atoms with E-state index in [1.54, 1.807) is 0 Å². The van der Waals surface area contributed by atoms with Crippen LogP contribution in [0.15, 0.2) is 29.2 Å². The van der Waals surface area contributed by atoms with Gasteiger partial charge in [0.2, 0.25) is 15.9 Å². The van der Waals surface area contributed by atoms with Crippen LogP contribution in [0.4, 0.5) is 13.2 Å². The lowest BCUT2D eigenvalue weighted by Crippen LogP contribution is -2.54. The molecule has 1 fully saturated rings. The maximum absolute atomic E-state index is 12.8. The number of rotatable bonds is 4. The summed E-state index contributed by atoms with van der Waals surface area (Å²) >= 11 is 0. The normalized spacial score (nSPS) is 20.4. The fraction of sp³-hybridized carbons (Fsp3) is 0.462. The maximum Gasteiger partial charge on any atom is 0.416 e. The molecule has 2 rings (SSSR count). The third kappa shape index (κ3) is 4.01. The van der Waals surface area contributed by atoms with E-state index >= 15 is 0 Å². The number of benzene rings is 1. The van der Waals surface area contributed by atoms with Gasteiger partial charge in [0.15, 0.2) is 0 Å². The van der Waals surface area contributed by atoms with E-state index in [1.165, 1.54) is 0 Å². The molecule has 0 unspecified atom stereocenters. The molecule has 1 saturated heterocycles. The average molecular weight is 351 g/mol. The van der Waals surface area contributed by atoms with Crippen molar-refractivity contribution in [1.29, 1.82) is 0 Å². The molecule has 1 aliphatic heterocycles. The van der Waals surface area contributed by atoms with Crippen LogP contribution in [-0.4, -0.2) is 44.3 Å². The molecule has 0 radical (unpaired) electrons. The Kier molecular flexibility index (Phi) is 4.97. The molecule has 3 N–H and O–H groups in total. The van der Waals surface area contributed by atoms with E-state index in [-0.39, 0.29) is 19.5 Å². The van der Waals surface area contributed by atoms with E-state index in [0.717, 1.165) is 22.5 Å². The third-order valence-electron chi connectivity index (χ3n) is 3.50. The molecular weight excluding hydrogens is 335 g/mol. The van der Waals surface area contributed by atoms with Crippen molar-refractivity contribution < 1.29 is 26.4 Å². The zero-order valence-electron chi connectivity index (χ0n) is 12.0. The van der Waals surface area contributed by atoms with Crippen LogP contribution in [0.1, 0.15) is 12.0 Å². The lowest BCUT2D eigenvalue weighted by molar-refractivity contribution is -0.137. The van der Waals surface area contributed by atoms with E-state index in [1.807, 2.05) is 0 Å². The van der Waals surface area contributed by atoms with Crippen LogP contribution >= 0.6 is 0 Å². The summed E-state index contributed by atoms with van der Waals surface area (Å²) in [7, 11) is -4.15. The second-order valence-corrected chi connectivity index (χ2v) is 7.06. The number of nitrogens with one attached hydrogen (secondary N) is 1. The SMILES string of the molecule is NC(=O)C[C@@H]1CNCCN1S(=O)(=O)c1cccc(C(F)(F)F)c1. The number of hydrogen-bond donors (Lipinski definition) is 2. The van der Waals surface area contributed by atoms with Gasteiger partial charge in [0, 0.05) is 32.1 Å². The first kappa shape index (κ1) is 17.7. The van der Waals surface area contributed by atoms with Crippen molar-refractivity contribution in [3.63, 3.8) is 0 Å². The quantitative estimate of drug-likeness (QED) is 0.828. The molecule has 0 aromatic heterocycles. The van der Waals surface area contributed by atoms with E-state index in [4.69, 9.17) is 5.73 Å². The largest absolute Gasteiger partial charge is 0.416 e. The minimum absolute atomic E-state index is 0.0521. The molecule has 1 atom stereocenters. The molecule has 1 amide bonds. The highest BCUT2D eigenvalue weighted by Crippen LogP contribution is 2.31. The number of carbonyl (C=O) groups is 1. The first-order valence-corrected chi connectivity index (χ1v) is 8.24. The minimum Gasteiger partial charge on any atom is -0.370 e. The standard InChI is InChI=1S/C13H16F3N3O3S/c14-13(15,16)9-2-1-3-11(6-9)23(21,22)19-5-4-18-8-10(19)7-12(17)20/h1-3,6,10,18H,4-5,7-8H2,(H2,17,20)/t10-/m1/s1. The van der Waals surface area contributed by atoms with Gasteiger partial charge in [-0.15, -0.1) is 0 Å². The van der Waals surface area contributed by atoms with E-state index in [2.05, 4.69) is 5.32 Å². The highest BCUT2D eigenvalue weighted by Gasteiger charge is 2.36. The van der Waals surface area contributed by atoms with Gasteiger partial charge in [0.1, 0.15) is 0 Å². The number of primary amides is 1. The van der Waals surface area contributed by atoms with Gasteiger partial charge in [-0.05, 0) is 18.2 Å². The summed E-state index contributed by atoms with van der Waals surface area (Å²) in [5, 5.41) is 2.94. The fourth-order valence-corrected chi connectivity index (χ4v) is 4.10. The van der Waals surface area contributed by atoms with Crippen LogP contribution in [0.3, 0.4) is 0 Å². The molecule has 1 aromatic carbocycles. The van der Waals surface area contributed by atoms with Gasteiger partial charge in [-0.2, -0.15) is 17.5 Å². The summed E-state index contributed by atoms with van der Waals surface area (Å²) < 4.78 is 64.6. The molecule has 0 spiro atoms. The van der Waals surface area contributed by atoms with Crippen molar-refractivity contribution >= 4 is 15.9 Å². The Morgan fingerprint density at radius 1 is 1.39 bits per heavy atom. The number of nitrogens with two attached hydrogens (primary N) is 1. The van der Waals surface area contributed by atoms with E-state index in [9.17, 15) is 26.4 Å². The molecule has 1 aromatic rings. The zero-order valence-corrected chi connectivity index (χ0v) is 12.8. The lowest BCUT2D eigenvalue weighted by atomic mass is 10.1. The fourth-order valence-electron chi connectivity index (χ4n) is 2.43. The Morgan fingerprint density at radius 2 is 2.09 bits per heavy atom. The summed E-state index contributed by atoms with van der Waals surface area (Å²) in [6, 6.07) is 2.83. The number of amides is 1. The lowest BCUT2D eigenvalue weighted by Gasteiger charge is -2.34. The van der Waals surface area contributed by atoms with Crippen molar-refractivity contribution in [1.82, 2.24) is 9.62 Å². The topological polar surface area (TPSA) is 92.5 Å². The molecule has 10 heteroatoms. The number of hydrogen-bond acceptors (Lipinski definition) is 4. The van der Waals surface area contributed by atoms with Crippen molar-refractivity contribution in [3.8, 4) is 0 Å². The number of halogens is 3. The number of carbonyl (C=O) groups excluding carboxylic acids is 1. The van der Waals surface area contributed by atoms with Crippen LogP contribution in [0.2, 0.25) is 0 Å². The van der Waals surface area contributed by atoms with Crippen LogP contribution < -0.4 is 11.1 Å². The predicted molar refractivity (Wildman–Crippen MR) is 75.8 cm³/mol. The van der Waals surface area contributed by atoms with Gasteiger partial charge in [-0.1, -0.05) is 6.07 Å². The van der Waals surface area contributed by atoms with Crippen molar-refractivity contribution in [2.75, 3.05) is 19.6 Å². The molecule has 1 heterocycles. The summed E-state index contributed by atoms with van der Waals surface area (Å²) in [4.78, 5) is 10.6. The molecule has 0 saturated carbocycles. The Bertz CT molecular complexity index is 691. The van der Waals surface area contributed by atoms with Gasteiger partial charge in [-0.25, -0.2) is 8.42 Å². The minimum atomic E-state index is -4.64. The summed E-state index contributed by atoms with van der Waals surface area (Å²) in [5.41, 5.74) is 4.07. The monoisotopic (exact) mass is 351 g/mol. The first-order chi connectivity index (χ1) is 10.6. The van der Waals surface area contributed by atoms with E-state index < -0.39 is 38.6 Å². The number of piperazine rings is 1. The Labute approximate surface area is 131 Å². The van der Waals surface area contributed by atoms with Crippen molar-refractivity contribution in [2.24, 2.45) is 5.73 Å². The first-order valence-electron chi connectivity index (χ1n) is 6.80. The van der Waals surface area contributed by atoms with Crippen LogP contribution in [0.5, 0.6) is 0 Å². The molecule has 0 aliphatic carbocycles. The molecule has 128 valence electrons. The average Bonchev–Trinajstić information content (AvgIpc) is 2.46. The van der Waals surface area contributed by atoms with Crippen LogP contribution in [0.25, 0.3) is 0 Å². The number of alkyl halides is 3. The van der Waals surface area contributed by atoms with Crippen molar-refractivity contribution in [2.45, 2.75) is 23.5 Å². The molecular formula is C13H16F3N3O3S. The predicted octanol–water partition coefficient (Wildman–Crippen LogP) is 0.543. The Balaban J connectivity index is 2.38. The zero-order chi connectivity index (χ0) is 17.3. The highest BCUT2D eigenvalue weighted by molar-refractivity contribution is 7.89. The van der Waals surface area contributed by atoms with Gasteiger partial charge in [0.25, 0.3) is 0 Å². The third-order valence-corrected chi connectivity index (χ3v) is 5.45. The molecule has 23 heavy (non-hydrogen) atoms. The molecule has 6 nitrogen and oxygen atoms in total. The smallest absolute Gasteiger partial charge is 0.370 e. The van der Waals surface area contributed by atoms with Gasteiger partial charge >= 0.3 is 6.18 Å². The van der Waals surface area contributed by atoms with Crippen LogP contribution in [-0.2, 0) is 21.0 Å². The second kappa shape index (κ2) is 6.46. The Morgan fingerprint density at radius 3 is 2.70 bits per heavy atom. The number of sulfonamides is 1. The van der Waals surface area contributed by atoms with Crippen LogP contribution in [0, 0.1) is 0 Å². The van der Waals surface area contributed by atoms with Gasteiger partial charge in [-0.3, -0.25) is 4.79 Å². The maximum atomic E-state index is 12.8. The summed E-state index contributed by atoms with van der Waals surface area (Å²) in [5.74, 6) is -0.678. The summed E-state index contributed by atoms with van der Waals surface area (Å²) in [6.07, 6.45) is -4.84. The van der Waals surface area contributed by atoms with E-state index in [0.29, 0.717) is 12.6 Å². The van der Waals surface area contributed by atoms with Gasteiger partial charge in [0.05, 0.1) is 10.5 Å². The van der Waals surface area contributed by atoms with Gasteiger partial charge < -0.3 is 11.1 Å². The second-order valence-electron chi connectivity index (χ2n) is 5.17.